The number of ether oxygens (including phenoxy) is 2. The van der Waals surface area contributed by atoms with E-state index in [2.05, 4.69) is 26.6 Å². The first-order chi connectivity index (χ1) is 17.2. The molecule has 0 unspecified atom stereocenters. The average molecular weight is 577 g/mol. The van der Waals surface area contributed by atoms with Crippen molar-refractivity contribution in [3.8, 4) is 11.5 Å². The molecule has 36 heavy (non-hydrogen) atoms. The third-order valence-electron chi connectivity index (χ3n) is 5.26. The van der Waals surface area contributed by atoms with Gasteiger partial charge in [-0.25, -0.2) is 13.6 Å². The van der Waals surface area contributed by atoms with Gasteiger partial charge in [0.25, 0.3) is 5.91 Å². The second kappa shape index (κ2) is 12.9. The first-order valence-corrected chi connectivity index (χ1v) is 13.8. The zero-order chi connectivity index (χ0) is 26.1. The molecular formula is C26H30BrN3O5S. The van der Waals surface area contributed by atoms with Crippen molar-refractivity contribution in [1.29, 1.82) is 0 Å². The van der Waals surface area contributed by atoms with Crippen LogP contribution in [0.5, 0.6) is 11.5 Å². The smallest absolute Gasteiger partial charge is 0.262 e. The summed E-state index contributed by atoms with van der Waals surface area (Å²) in [5.74, 6) is 0.765. The molecule has 0 saturated carbocycles. The van der Waals surface area contributed by atoms with Gasteiger partial charge in [0.2, 0.25) is 10.0 Å². The Morgan fingerprint density at radius 2 is 1.67 bits per heavy atom. The Morgan fingerprint density at radius 1 is 1.00 bits per heavy atom. The summed E-state index contributed by atoms with van der Waals surface area (Å²) in [7, 11) is -3.69. The van der Waals surface area contributed by atoms with Gasteiger partial charge in [0, 0.05) is 16.7 Å². The number of anilines is 1. The second-order valence-corrected chi connectivity index (χ2v) is 10.6. The number of halogens is 1. The van der Waals surface area contributed by atoms with E-state index in [-0.39, 0.29) is 17.4 Å². The first kappa shape index (κ1) is 27.7. The van der Waals surface area contributed by atoms with Crippen molar-refractivity contribution in [1.82, 2.24) is 5.32 Å². The number of nitrogens with one attached hydrogen (secondary N) is 2. The highest BCUT2D eigenvalue weighted by atomic mass is 79.9. The standard InChI is InChI=1S/C26H30BrN3O5S/c1-3-34-24-14-20(16-29-13-12-19-6-10-22(11-7-19)36(28,32)33)23(27)15-25(24)35-17-26(31)30-21-8-4-18(2)5-9-21/h4-11,14-15,29H,3,12-13,16-17H2,1-2H3,(H,30,31)(H2,28,32,33). The van der Waals surface area contributed by atoms with E-state index in [1.165, 1.54) is 12.1 Å². The summed E-state index contributed by atoms with van der Waals surface area (Å²) in [5, 5.41) is 11.3. The molecule has 0 radical (unpaired) electrons. The third-order valence-corrected chi connectivity index (χ3v) is 6.93. The van der Waals surface area contributed by atoms with Crippen molar-refractivity contribution in [2.45, 2.75) is 31.7 Å². The summed E-state index contributed by atoms with van der Waals surface area (Å²) < 4.78 is 35.1. The number of amides is 1. The molecule has 0 bridgehead atoms. The van der Waals surface area contributed by atoms with Crippen LogP contribution >= 0.6 is 15.9 Å². The minimum atomic E-state index is -3.69. The summed E-state index contributed by atoms with van der Waals surface area (Å²) >= 11 is 3.58. The zero-order valence-corrected chi connectivity index (χ0v) is 22.6. The summed E-state index contributed by atoms with van der Waals surface area (Å²) in [6, 6.07) is 17.8. The Labute approximate surface area is 220 Å². The highest BCUT2D eigenvalue weighted by Gasteiger charge is 2.13. The summed E-state index contributed by atoms with van der Waals surface area (Å²) in [6.45, 7) is 5.43. The van der Waals surface area contributed by atoms with Gasteiger partial charge < -0.3 is 20.1 Å². The fourth-order valence-corrected chi connectivity index (χ4v) is 4.35. The van der Waals surface area contributed by atoms with Crippen molar-refractivity contribution < 1.29 is 22.7 Å². The SMILES string of the molecule is CCOc1cc(CNCCc2ccc(S(N)(=O)=O)cc2)c(Br)cc1OCC(=O)Nc1ccc(C)cc1. The fraction of sp³-hybridized carbons (Fsp3) is 0.269. The molecule has 4 N–H and O–H groups in total. The maximum absolute atomic E-state index is 12.3. The van der Waals surface area contributed by atoms with Crippen LogP contribution in [-0.4, -0.2) is 34.1 Å². The molecule has 1 amide bonds. The zero-order valence-electron chi connectivity index (χ0n) is 20.2. The van der Waals surface area contributed by atoms with Crippen molar-refractivity contribution in [3.63, 3.8) is 0 Å². The Kier molecular flexibility index (Phi) is 9.89. The maximum Gasteiger partial charge on any atom is 0.262 e. The Bertz CT molecular complexity index is 1280. The molecule has 0 aliphatic heterocycles. The summed E-state index contributed by atoms with van der Waals surface area (Å²) in [6.07, 6.45) is 0.720. The maximum atomic E-state index is 12.3. The number of benzene rings is 3. The number of hydrogen-bond donors (Lipinski definition) is 3. The van der Waals surface area contributed by atoms with Crippen LogP contribution in [0.2, 0.25) is 0 Å². The normalized spacial score (nSPS) is 11.2. The van der Waals surface area contributed by atoms with Crippen molar-refractivity contribution in [3.05, 3.63) is 81.8 Å². The summed E-state index contributed by atoms with van der Waals surface area (Å²) in [4.78, 5) is 12.4. The van der Waals surface area contributed by atoms with Crippen molar-refractivity contribution in [2.75, 3.05) is 25.1 Å². The third kappa shape index (κ3) is 8.34. The molecule has 0 fully saturated rings. The molecule has 3 rings (SSSR count). The van der Waals surface area contributed by atoms with E-state index in [9.17, 15) is 13.2 Å². The highest BCUT2D eigenvalue weighted by Crippen LogP contribution is 2.34. The molecule has 0 spiro atoms. The molecule has 0 heterocycles. The number of nitrogens with two attached hydrogens (primary N) is 1. The number of rotatable bonds is 12. The molecule has 0 saturated heterocycles. The van der Waals surface area contributed by atoms with Crippen LogP contribution < -0.4 is 25.2 Å². The summed E-state index contributed by atoms with van der Waals surface area (Å²) in [5.41, 5.74) is 3.79. The van der Waals surface area contributed by atoms with Gasteiger partial charge in [0.1, 0.15) is 0 Å². The van der Waals surface area contributed by atoms with Crippen LogP contribution in [0.25, 0.3) is 0 Å². The number of aryl methyl sites for hydroxylation is 1. The molecule has 10 heteroatoms. The lowest BCUT2D eigenvalue weighted by Crippen LogP contribution is -2.20. The molecule has 0 aliphatic rings. The Morgan fingerprint density at radius 3 is 2.31 bits per heavy atom. The topological polar surface area (TPSA) is 120 Å². The van der Waals surface area contributed by atoms with Crippen LogP contribution in [0, 0.1) is 6.92 Å². The monoisotopic (exact) mass is 575 g/mol. The number of primary sulfonamides is 1. The Hall–Kier alpha value is -2.92. The van der Waals surface area contributed by atoms with Crippen molar-refractivity contribution >= 4 is 37.5 Å². The van der Waals surface area contributed by atoms with Gasteiger partial charge in [-0.05, 0) is 74.3 Å². The predicted octanol–water partition coefficient (Wildman–Crippen LogP) is 4.15. The molecule has 192 valence electrons. The van der Waals surface area contributed by atoms with E-state index in [4.69, 9.17) is 14.6 Å². The van der Waals surface area contributed by atoms with Crippen LogP contribution in [0.15, 0.2) is 70.0 Å². The first-order valence-electron chi connectivity index (χ1n) is 11.4. The second-order valence-electron chi connectivity index (χ2n) is 8.14. The van der Waals surface area contributed by atoms with Gasteiger partial charge in [-0.3, -0.25) is 4.79 Å². The van der Waals surface area contributed by atoms with E-state index >= 15 is 0 Å². The van der Waals surface area contributed by atoms with E-state index in [0.717, 1.165) is 27.6 Å². The van der Waals surface area contributed by atoms with E-state index < -0.39 is 10.0 Å². The van der Waals surface area contributed by atoms with Gasteiger partial charge in [0.15, 0.2) is 18.1 Å². The van der Waals surface area contributed by atoms with Gasteiger partial charge in [-0.15, -0.1) is 0 Å². The van der Waals surface area contributed by atoms with Crippen LogP contribution in [0.1, 0.15) is 23.6 Å². The minimum absolute atomic E-state index is 0.0986. The Balaban J connectivity index is 1.55. The molecular weight excluding hydrogens is 546 g/mol. The van der Waals surface area contributed by atoms with Crippen molar-refractivity contribution in [2.24, 2.45) is 5.14 Å². The number of carbonyl (C=O) groups excluding carboxylic acids is 1. The highest BCUT2D eigenvalue weighted by molar-refractivity contribution is 9.10. The largest absolute Gasteiger partial charge is 0.490 e. The van der Waals surface area contributed by atoms with Crippen LogP contribution in [-0.2, 0) is 27.8 Å². The molecule has 8 nitrogen and oxygen atoms in total. The minimum Gasteiger partial charge on any atom is -0.490 e. The van der Waals surface area contributed by atoms with Crippen LogP contribution in [0.4, 0.5) is 5.69 Å². The van der Waals surface area contributed by atoms with E-state index in [1.54, 1.807) is 18.2 Å². The molecule has 3 aromatic carbocycles. The lowest BCUT2D eigenvalue weighted by Gasteiger charge is -2.15. The predicted molar refractivity (Wildman–Crippen MR) is 144 cm³/mol. The molecule has 0 atom stereocenters. The van der Waals surface area contributed by atoms with Crippen LogP contribution in [0.3, 0.4) is 0 Å². The van der Waals surface area contributed by atoms with Gasteiger partial charge in [-0.1, -0.05) is 45.8 Å². The molecule has 0 aromatic heterocycles. The number of carbonyl (C=O) groups is 1. The average Bonchev–Trinajstić information content (AvgIpc) is 2.84. The van der Waals surface area contributed by atoms with E-state index in [0.29, 0.717) is 36.9 Å². The van der Waals surface area contributed by atoms with Gasteiger partial charge in [0.05, 0.1) is 11.5 Å². The molecule has 3 aromatic rings. The van der Waals surface area contributed by atoms with E-state index in [1.807, 2.05) is 44.2 Å². The molecule has 0 aliphatic carbocycles. The number of sulfonamides is 1. The quantitative estimate of drug-likeness (QED) is 0.279. The number of hydrogen-bond acceptors (Lipinski definition) is 6. The lowest BCUT2D eigenvalue weighted by molar-refractivity contribution is -0.118. The fourth-order valence-electron chi connectivity index (χ4n) is 3.37. The lowest BCUT2D eigenvalue weighted by atomic mass is 10.1. The van der Waals surface area contributed by atoms with Gasteiger partial charge >= 0.3 is 0 Å². The van der Waals surface area contributed by atoms with Gasteiger partial charge in [-0.2, -0.15) is 0 Å².